The van der Waals surface area contributed by atoms with Crippen molar-refractivity contribution in [2.45, 2.75) is 51.0 Å². The largest absolute Gasteiger partial charge is 0.444 e. The Labute approximate surface area is 164 Å². The lowest BCUT2D eigenvalue weighted by Crippen LogP contribution is -2.47. The Balaban J connectivity index is 1.87. The number of hydrogen-bond donors (Lipinski definition) is 1. The van der Waals surface area contributed by atoms with E-state index in [1.807, 2.05) is 20.8 Å². The number of ether oxygens (including phenoxy) is 1. The van der Waals surface area contributed by atoms with Gasteiger partial charge in [0, 0.05) is 19.1 Å². The Morgan fingerprint density at radius 2 is 1.85 bits per heavy atom. The summed E-state index contributed by atoms with van der Waals surface area (Å²) >= 11 is 11.8. The molecule has 0 unspecified atom stereocenters. The highest BCUT2D eigenvalue weighted by Crippen LogP contribution is 2.24. The van der Waals surface area contributed by atoms with Gasteiger partial charge in [-0.25, -0.2) is 17.9 Å². The van der Waals surface area contributed by atoms with Crippen LogP contribution >= 0.6 is 23.2 Å². The smallest absolute Gasteiger partial charge is 0.410 e. The van der Waals surface area contributed by atoms with Gasteiger partial charge in [-0.1, -0.05) is 29.3 Å². The third-order valence-corrected chi connectivity index (χ3v) is 5.98. The van der Waals surface area contributed by atoms with Crippen LogP contribution in [-0.2, 0) is 20.5 Å². The van der Waals surface area contributed by atoms with Crippen molar-refractivity contribution in [1.29, 1.82) is 0 Å². The van der Waals surface area contributed by atoms with Crippen molar-refractivity contribution in [3.63, 3.8) is 0 Å². The molecule has 0 spiro atoms. The minimum absolute atomic E-state index is 0.170. The van der Waals surface area contributed by atoms with Crippen LogP contribution in [0.15, 0.2) is 18.2 Å². The SMILES string of the molecule is CC(C)(C)OC(=O)N1CCC(NS(=O)(=O)Cc2ccc(Cl)c(Cl)c2)CC1. The standard InChI is InChI=1S/C17H24Cl2N2O4S/c1-17(2,3)25-16(22)21-8-6-13(7-9-21)20-26(23,24)11-12-4-5-14(18)15(19)10-12/h4-5,10,13,20H,6-9,11H2,1-3H3. The van der Waals surface area contributed by atoms with E-state index in [0.717, 1.165) is 0 Å². The summed E-state index contributed by atoms with van der Waals surface area (Å²) in [5.41, 5.74) is 0.0214. The van der Waals surface area contributed by atoms with Crippen LogP contribution in [-0.4, -0.2) is 44.1 Å². The van der Waals surface area contributed by atoms with E-state index in [2.05, 4.69) is 4.72 Å². The normalized spacial score (nSPS) is 16.6. The monoisotopic (exact) mass is 422 g/mol. The van der Waals surface area contributed by atoms with Gasteiger partial charge in [-0.2, -0.15) is 0 Å². The molecule has 9 heteroatoms. The van der Waals surface area contributed by atoms with Crippen LogP contribution in [0.1, 0.15) is 39.2 Å². The van der Waals surface area contributed by atoms with Crippen LogP contribution in [0, 0.1) is 0 Å². The molecule has 1 aromatic rings. The van der Waals surface area contributed by atoms with Gasteiger partial charge in [0.2, 0.25) is 10.0 Å². The predicted molar refractivity (Wildman–Crippen MR) is 103 cm³/mol. The van der Waals surface area contributed by atoms with Crippen molar-refractivity contribution >= 4 is 39.3 Å². The number of halogens is 2. The topological polar surface area (TPSA) is 75.7 Å². The van der Waals surface area contributed by atoms with Gasteiger partial charge >= 0.3 is 6.09 Å². The zero-order chi connectivity index (χ0) is 19.5. The van der Waals surface area contributed by atoms with E-state index < -0.39 is 15.6 Å². The van der Waals surface area contributed by atoms with Crippen molar-refractivity contribution < 1.29 is 17.9 Å². The lowest BCUT2D eigenvalue weighted by molar-refractivity contribution is 0.0204. The average Bonchev–Trinajstić information content (AvgIpc) is 2.49. The number of likely N-dealkylation sites (tertiary alicyclic amines) is 1. The minimum atomic E-state index is -3.52. The number of amides is 1. The molecule has 146 valence electrons. The molecule has 1 aliphatic heterocycles. The Bertz CT molecular complexity index is 755. The van der Waals surface area contributed by atoms with Crippen LogP contribution < -0.4 is 4.72 Å². The molecule has 0 bridgehead atoms. The zero-order valence-corrected chi connectivity index (χ0v) is 17.4. The second-order valence-electron chi connectivity index (χ2n) is 7.37. The van der Waals surface area contributed by atoms with Crippen LogP contribution in [0.5, 0.6) is 0 Å². The van der Waals surface area contributed by atoms with Crippen molar-refractivity contribution in [3.8, 4) is 0 Å². The van der Waals surface area contributed by atoms with Gasteiger partial charge in [-0.05, 0) is 51.3 Å². The third kappa shape index (κ3) is 6.61. The molecule has 1 aliphatic rings. The van der Waals surface area contributed by atoms with Gasteiger partial charge in [-0.15, -0.1) is 0 Å². The summed E-state index contributed by atoms with van der Waals surface area (Å²) in [6, 6.07) is 4.56. The van der Waals surface area contributed by atoms with Crippen molar-refractivity contribution in [1.82, 2.24) is 9.62 Å². The summed E-state index contributed by atoms with van der Waals surface area (Å²) in [7, 11) is -3.52. The van der Waals surface area contributed by atoms with Crippen LogP contribution in [0.2, 0.25) is 10.0 Å². The van der Waals surface area contributed by atoms with Crippen LogP contribution in [0.4, 0.5) is 4.79 Å². The van der Waals surface area contributed by atoms with E-state index in [1.165, 1.54) is 0 Å². The number of sulfonamides is 1. The number of piperidine rings is 1. The minimum Gasteiger partial charge on any atom is -0.444 e. The number of rotatable bonds is 4. The number of benzene rings is 1. The fraction of sp³-hybridized carbons (Fsp3) is 0.588. The highest BCUT2D eigenvalue weighted by molar-refractivity contribution is 7.88. The summed E-state index contributed by atoms with van der Waals surface area (Å²) in [6.45, 7) is 6.35. The molecule has 26 heavy (non-hydrogen) atoms. The predicted octanol–water partition coefficient (Wildman–Crippen LogP) is 3.81. The Kier molecular flexibility index (Phi) is 6.82. The van der Waals surface area contributed by atoms with E-state index in [4.69, 9.17) is 27.9 Å². The Morgan fingerprint density at radius 1 is 1.23 bits per heavy atom. The maximum atomic E-state index is 12.4. The number of nitrogens with one attached hydrogen (secondary N) is 1. The van der Waals surface area contributed by atoms with E-state index in [9.17, 15) is 13.2 Å². The first-order valence-electron chi connectivity index (χ1n) is 8.37. The third-order valence-electron chi connectivity index (χ3n) is 3.83. The van der Waals surface area contributed by atoms with E-state index >= 15 is 0 Å². The van der Waals surface area contributed by atoms with Crippen molar-refractivity contribution in [2.75, 3.05) is 13.1 Å². The molecule has 0 aliphatic carbocycles. The highest BCUT2D eigenvalue weighted by atomic mass is 35.5. The quantitative estimate of drug-likeness (QED) is 0.799. The molecule has 1 fully saturated rings. The number of carbonyl (C=O) groups is 1. The summed E-state index contributed by atoms with van der Waals surface area (Å²) in [6.07, 6.45) is 0.717. The van der Waals surface area contributed by atoms with Gasteiger partial charge in [-0.3, -0.25) is 0 Å². The number of hydrogen-bond acceptors (Lipinski definition) is 4. The second-order valence-corrected chi connectivity index (χ2v) is 9.94. The number of nitrogens with zero attached hydrogens (tertiary/aromatic N) is 1. The molecule has 0 aromatic heterocycles. The second kappa shape index (κ2) is 8.33. The summed E-state index contributed by atoms with van der Waals surface area (Å²) in [5, 5.41) is 0.709. The molecule has 1 heterocycles. The highest BCUT2D eigenvalue weighted by Gasteiger charge is 2.28. The number of carbonyl (C=O) groups excluding carboxylic acids is 1. The average molecular weight is 423 g/mol. The zero-order valence-electron chi connectivity index (χ0n) is 15.1. The van der Waals surface area contributed by atoms with Gasteiger partial charge in [0.15, 0.2) is 0 Å². The molecular formula is C17H24Cl2N2O4S. The molecule has 2 rings (SSSR count). The first-order chi connectivity index (χ1) is 12.0. The maximum Gasteiger partial charge on any atom is 0.410 e. The van der Waals surface area contributed by atoms with Crippen LogP contribution in [0.3, 0.4) is 0 Å². The molecule has 0 saturated carbocycles. The fourth-order valence-electron chi connectivity index (χ4n) is 2.65. The summed E-state index contributed by atoms with van der Waals surface area (Å²) < 4.78 is 32.8. The molecule has 1 aromatic carbocycles. The molecule has 1 N–H and O–H groups in total. The van der Waals surface area contributed by atoms with Crippen molar-refractivity contribution in [2.24, 2.45) is 0 Å². The van der Waals surface area contributed by atoms with Gasteiger partial charge < -0.3 is 9.64 Å². The first kappa shape index (κ1) is 21.3. The first-order valence-corrected chi connectivity index (χ1v) is 10.8. The van der Waals surface area contributed by atoms with Crippen LogP contribution in [0.25, 0.3) is 0 Å². The maximum absolute atomic E-state index is 12.4. The Morgan fingerprint density at radius 3 is 2.38 bits per heavy atom. The molecule has 0 radical (unpaired) electrons. The lowest BCUT2D eigenvalue weighted by Gasteiger charge is -2.33. The fourth-order valence-corrected chi connectivity index (χ4v) is 4.42. The van der Waals surface area contributed by atoms with E-state index in [0.29, 0.717) is 41.5 Å². The lowest BCUT2D eigenvalue weighted by atomic mass is 10.1. The molecule has 1 amide bonds. The van der Waals surface area contributed by atoms with Gasteiger partial charge in [0.25, 0.3) is 0 Å². The molecular weight excluding hydrogens is 399 g/mol. The summed E-state index contributed by atoms with van der Waals surface area (Å²) in [5.74, 6) is -0.170. The molecule has 6 nitrogen and oxygen atoms in total. The summed E-state index contributed by atoms with van der Waals surface area (Å²) in [4.78, 5) is 13.7. The van der Waals surface area contributed by atoms with Gasteiger partial charge in [0.1, 0.15) is 5.60 Å². The van der Waals surface area contributed by atoms with Gasteiger partial charge in [0.05, 0.1) is 15.8 Å². The Hall–Kier alpha value is -1.02. The molecule has 0 atom stereocenters. The molecule has 1 saturated heterocycles. The van der Waals surface area contributed by atoms with E-state index in [-0.39, 0.29) is 17.9 Å². The van der Waals surface area contributed by atoms with E-state index in [1.54, 1.807) is 23.1 Å². The van der Waals surface area contributed by atoms with Crippen molar-refractivity contribution in [3.05, 3.63) is 33.8 Å².